The standard InChI is InChI=1S/C17H20O8/c1-24-15(22)3-9-11(18)5-17(6-12(9)19)7-13(20)10(14(21)8-17)4-16(23)25-2/h9-10H,3-8H2,1-2H3. The third-order valence-corrected chi connectivity index (χ3v) is 4.95. The Kier molecular flexibility index (Phi) is 5.49. The van der Waals surface area contributed by atoms with Gasteiger partial charge in [0.15, 0.2) is 0 Å². The Morgan fingerprint density at radius 1 is 0.760 bits per heavy atom. The van der Waals surface area contributed by atoms with Crippen LogP contribution in [0.2, 0.25) is 0 Å². The van der Waals surface area contributed by atoms with Gasteiger partial charge in [0.25, 0.3) is 0 Å². The molecule has 0 aromatic rings. The average Bonchev–Trinajstić information content (AvgIpc) is 2.53. The van der Waals surface area contributed by atoms with Gasteiger partial charge in [0, 0.05) is 25.7 Å². The molecule has 0 atom stereocenters. The number of Topliss-reactive ketones (excluding diaryl/α,β-unsaturated/α-hetero) is 4. The maximum absolute atomic E-state index is 12.3. The van der Waals surface area contributed by atoms with Gasteiger partial charge in [0.2, 0.25) is 0 Å². The van der Waals surface area contributed by atoms with E-state index in [1.54, 1.807) is 0 Å². The van der Waals surface area contributed by atoms with Crippen molar-refractivity contribution in [3.05, 3.63) is 0 Å². The molecule has 0 unspecified atom stereocenters. The lowest BCUT2D eigenvalue weighted by molar-refractivity contribution is -0.155. The quantitative estimate of drug-likeness (QED) is 0.519. The number of ether oxygens (including phenoxy) is 2. The fraction of sp³-hybridized carbons (Fsp3) is 0.647. The predicted octanol–water partition coefficient (Wildman–Crippen LogP) is 0.195. The molecule has 0 aromatic heterocycles. The average molecular weight is 352 g/mol. The van der Waals surface area contributed by atoms with Gasteiger partial charge in [-0.3, -0.25) is 28.8 Å². The zero-order valence-electron chi connectivity index (χ0n) is 14.2. The second kappa shape index (κ2) is 7.25. The number of ketones is 4. The molecule has 0 heterocycles. The summed E-state index contributed by atoms with van der Waals surface area (Å²) in [7, 11) is 2.34. The highest BCUT2D eigenvalue weighted by Crippen LogP contribution is 2.46. The van der Waals surface area contributed by atoms with Crippen LogP contribution in [0.15, 0.2) is 0 Å². The van der Waals surface area contributed by atoms with Crippen molar-refractivity contribution in [2.75, 3.05) is 14.2 Å². The van der Waals surface area contributed by atoms with Crippen LogP contribution in [0, 0.1) is 17.3 Å². The van der Waals surface area contributed by atoms with E-state index in [0.29, 0.717) is 0 Å². The molecule has 8 heteroatoms. The molecule has 2 aliphatic rings. The van der Waals surface area contributed by atoms with Crippen LogP contribution >= 0.6 is 0 Å². The summed E-state index contributed by atoms with van der Waals surface area (Å²) in [6, 6.07) is 0. The zero-order chi connectivity index (χ0) is 18.8. The molecule has 25 heavy (non-hydrogen) atoms. The van der Waals surface area contributed by atoms with Crippen LogP contribution in [0.3, 0.4) is 0 Å². The van der Waals surface area contributed by atoms with Gasteiger partial charge in [-0.1, -0.05) is 0 Å². The Morgan fingerprint density at radius 2 is 1.04 bits per heavy atom. The van der Waals surface area contributed by atoms with Gasteiger partial charge in [0.05, 0.1) is 38.9 Å². The molecule has 0 saturated heterocycles. The van der Waals surface area contributed by atoms with E-state index in [2.05, 4.69) is 9.47 Å². The smallest absolute Gasteiger partial charge is 0.306 e. The number of hydrogen-bond acceptors (Lipinski definition) is 8. The van der Waals surface area contributed by atoms with Gasteiger partial charge in [-0.05, 0) is 5.41 Å². The fourth-order valence-corrected chi connectivity index (χ4v) is 3.66. The molecule has 2 saturated carbocycles. The minimum atomic E-state index is -1.07. The number of hydrogen-bond donors (Lipinski definition) is 0. The Labute approximate surface area is 144 Å². The lowest BCUT2D eigenvalue weighted by Crippen LogP contribution is -2.48. The maximum Gasteiger partial charge on any atom is 0.306 e. The van der Waals surface area contributed by atoms with Gasteiger partial charge in [-0.15, -0.1) is 0 Å². The van der Waals surface area contributed by atoms with E-state index in [4.69, 9.17) is 0 Å². The summed E-state index contributed by atoms with van der Waals surface area (Å²) in [5, 5.41) is 0. The second-order valence-electron chi connectivity index (χ2n) is 6.74. The van der Waals surface area contributed by atoms with Crippen LogP contribution in [-0.4, -0.2) is 49.3 Å². The summed E-state index contributed by atoms with van der Waals surface area (Å²) in [4.78, 5) is 72.0. The molecule has 8 nitrogen and oxygen atoms in total. The molecule has 2 aliphatic carbocycles. The minimum Gasteiger partial charge on any atom is -0.469 e. The molecule has 0 N–H and O–H groups in total. The SMILES string of the molecule is COC(=O)CC1C(=O)CC2(CC1=O)CC(=O)C(CC(=O)OC)C(=O)C2. The second-order valence-corrected chi connectivity index (χ2v) is 6.74. The van der Waals surface area contributed by atoms with Crippen molar-refractivity contribution in [3.8, 4) is 0 Å². The molecule has 136 valence electrons. The first-order valence-electron chi connectivity index (χ1n) is 7.96. The summed E-state index contributed by atoms with van der Waals surface area (Å²) >= 11 is 0. The minimum absolute atomic E-state index is 0.108. The molecule has 0 amide bonds. The normalized spacial score (nSPS) is 29.7. The predicted molar refractivity (Wildman–Crippen MR) is 81.2 cm³/mol. The van der Waals surface area contributed by atoms with Gasteiger partial charge in [-0.25, -0.2) is 0 Å². The number of rotatable bonds is 4. The largest absolute Gasteiger partial charge is 0.469 e. The van der Waals surface area contributed by atoms with Crippen molar-refractivity contribution in [1.82, 2.24) is 0 Å². The van der Waals surface area contributed by atoms with E-state index in [9.17, 15) is 28.8 Å². The first-order chi connectivity index (χ1) is 11.7. The molecule has 0 bridgehead atoms. The molecule has 0 aliphatic heterocycles. The van der Waals surface area contributed by atoms with Crippen LogP contribution in [0.25, 0.3) is 0 Å². The van der Waals surface area contributed by atoms with E-state index in [0.717, 1.165) is 0 Å². The van der Waals surface area contributed by atoms with Gasteiger partial charge < -0.3 is 9.47 Å². The van der Waals surface area contributed by atoms with Crippen molar-refractivity contribution in [2.45, 2.75) is 38.5 Å². The van der Waals surface area contributed by atoms with Crippen molar-refractivity contribution < 1.29 is 38.2 Å². The first-order valence-corrected chi connectivity index (χ1v) is 7.96. The van der Waals surface area contributed by atoms with Crippen molar-refractivity contribution in [1.29, 1.82) is 0 Å². The van der Waals surface area contributed by atoms with Gasteiger partial charge >= 0.3 is 11.9 Å². The summed E-state index contributed by atoms with van der Waals surface area (Å²) in [6.45, 7) is 0. The summed E-state index contributed by atoms with van der Waals surface area (Å²) in [6.07, 6.45) is -1.08. The number of carbonyl (C=O) groups excluding carboxylic acids is 6. The molecule has 0 radical (unpaired) electrons. The highest BCUT2D eigenvalue weighted by molar-refractivity contribution is 6.11. The number of esters is 2. The van der Waals surface area contributed by atoms with Gasteiger partial charge in [-0.2, -0.15) is 0 Å². The number of methoxy groups -OCH3 is 2. The number of carbonyl (C=O) groups is 6. The van der Waals surface area contributed by atoms with Crippen LogP contribution in [0.1, 0.15) is 38.5 Å². The fourth-order valence-electron chi connectivity index (χ4n) is 3.66. The van der Waals surface area contributed by atoms with Crippen molar-refractivity contribution in [2.24, 2.45) is 17.3 Å². The molecule has 0 aromatic carbocycles. The van der Waals surface area contributed by atoms with E-state index < -0.39 is 52.3 Å². The van der Waals surface area contributed by atoms with Crippen LogP contribution in [0.5, 0.6) is 0 Å². The van der Waals surface area contributed by atoms with Crippen LogP contribution in [-0.2, 0) is 38.2 Å². The topological polar surface area (TPSA) is 121 Å². The van der Waals surface area contributed by atoms with Crippen LogP contribution in [0.4, 0.5) is 0 Å². The van der Waals surface area contributed by atoms with Crippen LogP contribution < -0.4 is 0 Å². The first kappa shape index (κ1) is 19.0. The summed E-state index contributed by atoms with van der Waals surface area (Å²) in [5.74, 6) is -5.26. The molecule has 2 fully saturated rings. The molecular formula is C17H20O8. The highest BCUT2D eigenvalue weighted by Gasteiger charge is 2.52. The highest BCUT2D eigenvalue weighted by atomic mass is 16.5. The van der Waals surface area contributed by atoms with E-state index in [-0.39, 0.29) is 38.5 Å². The maximum atomic E-state index is 12.3. The monoisotopic (exact) mass is 352 g/mol. The third-order valence-electron chi connectivity index (χ3n) is 4.95. The van der Waals surface area contributed by atoms with Crippen molar-refractivity contribution >= 4 is 35.1 Å². The molecule has 2 rings (SSSR count). The summed E-state index contributed by atoms with van der Waals surface area (Å²) < 4.78 is 8.97. The Morgan fingerprint density at radius 3 is 1.28 bits per heavy atom. The molecular weight excluding hydrogens is 332 g/mol. The third kappa shape index (κ3) is 4.00. The van der Waals surface area contributed by atoms with Crippen molar-refractivity contribution in [3.63, 3.8) is 0 Å². The zero-order valence-corrected chi connectivity index (χ0v) is 14.2. The Balaban J connectivity index is 2.12. The lowest BCUT2D eigenvalue weighted by atomic mass is 9.59. The molecule has 1 spiro atoms. The van der Waals surface area contributed by atoms with E-state index >= 15 is 0 Å². The van der Waals surface area contributed by atoms with E-state index in [1.165, 1.54) is 14.2 Å². The van der Waals surface area contributed by atoms with E-state index in [1.807, 2.05) is 0 Å². The summed E-state index contributed by atoms with van der Waals surface area (Å²) in [5.41, 5.74) is -1.03. The van der Waals surface area contributed by atoms with Gasteiger partial charge in [0.1, 0.15) is 23.1 Å². The lowest BCUT2D eigenvalue weighted by Gasteiger charge is -2.41. The Bertz CT molecular complexity index is 552. The Hall–Kier alpha value is -2.38.